The zero-order valence-electron chi connectivity index (χ0n) is 21.5. The van der Waals surface area contributed by atoms with E-state index >= 15 is 0 Å². The summed E-state index contributed by atoms with van der Waals surface area (Å²) in [5, 5.41) is -0.359. The molecule has 3 aromatic rings. The molecule has 1 saturated heterocycles. The van der Waals surface area contributed by atoms with E-state index in [9.17, 15) is 21.6 Å². The van der Waals surface area contributed by atoms with Gasteiger partial charge in [-0.2, -0.15) is 0 Å². The summed E-state index contributed by atoms with van der Waals surface area (Å²) in [7, 11) is -6.65. The van der Waals surface area contributed by atoms with E-state index in [0.717, 1.165) is 0 Å². The molecule has 0 spiro atoms. The van der Waals surface area contributed by atoms with Crippen LogP contribution in [0.25, 0.3) is 11.3 Å². The number of ketones is 1. The molecular weight excluding hydrogens is 542 g/mol. The van der Waals surface area contributed by atoms with Gasteiger partial charge in [0.15, 0.2) is 15.6 Å². The number of pyridine rings is 1. The van der Waals surface area contributed by atoms with Crippen LogP contribution in [0.15, 0.2) is 43.0 Å². The third kappa shape index (κ3) is 6.14. The highest BCUT2D eigenvalue weighted by atomic mass is 32.2. The van der Waals surface area contributed by atoms with Crippen molar-refractivity contribution in [1.82, 2.24) is 24.9 Å². The number of nitrogens with zero attached hydrogens (tertiary/aromatic N) is 5. The number of carbonyl (C=O) groups is 1. The molecule has 2 fully saturated rings. The fourth-order valence-electron chi connectivity index (χ4n) is 4.74. The highest BCUT2D eigenvalue weighted by molar-refractivity contribution is 7.91. The zero-order chi connectivity index (χ0) is 27.7. The lowest BCUT2D eigenvalue weighted by Crippen LogP contribution is -2.45. The second-order valence-corrected chi connectivity index (χ2v) is 14.5. The van der Waals surface area contributed by atoms with Crippen LogP contribution in [0, 0.1) is 0 Å². The highest BCUT2D eigenvalue weighted by Crippen LogP contribution is 2.38. The molecule has 11 nitrogen and oxygen atoms in total. The summed E-state index contributed by atoms with van der Waals surface area (Å²) < 4.78 is 55.0. The SMILES string of the molecule is CCOc1cncc(-c2ccc(CC(=O)C3(c4ccnc(CS(=O)(=O)C5CC5)n4)CCS(=O)(=O)CC3)nc2)n1. The van der Waals surface area contributed by atoms with Crippen molar-refractivity contribution in [1.29, 1.82) is 0 Å². The van der Waals surface area contributed by atoms with Crippen molar-refractivity contribution in [3.05, 3.63) is 60.2 Å². The van der Waals surface area contributed by atoms with Crippen molar-refractivity contribution in [3.63, 3.8) is 0 Å². The Balaban J connectivity index is 1.40. The van der Waals surface area contributed by atoms with Gasteiger partial charge in [0.1, 0.15) is 21.4 Å². The Morgan fingerprint density at radius 2 is 1.82 bits per heavy atom. The molecule has 0 N–H and O–H groups in total. The highest BCUT2D eigenvalue weighted by Gasteiger charge is 2.46. The maximum absolute atomic E-state index is 13.8. The first-order valence-corrected chi connectivity index (χ1v) is 16.3. The predicted octanol–water partition coefficient (Wildman–Crippen LogP) is 2.06. The molecule has 0 unspecified atom stereocenters. The van der Waals surface area contributed by atoms with Gasteiger partial charge >= 0.3 is 0 Å². The summed E-state index contributed by atoms with van der Waals surface area (Å²) in [4.78, 5) is 35.5. The molecule has 0 aromatic carbocycles. The number of hydrogen-bond acceptors (Lipinski definition) is 11. The third-order valence-electron chi connectivity index (χ3n) is 7.14. The number of Topliss-reactive ketones (excluding diaryl/α,β-unsaturated/α-hetero) is 1. The third-order valence-corrected chi connectivity index (χ3v) is 10.9. The lowest BCUT2D eigenvalue weighted by molar-refractivity contribution is -0.124. The lowest BCUT2D eigenvalue weighted by Gasteiger charge is -2.35. The Hall–Kier alpha value is -3.32. The molecule has 0 bridgehead atoms. The fraction of sp³-hybridized carbons (Fsp3) is 0.462. The number of carbonyl (C=O) groups excluding carboxylic acids is 1. The first kappa shape index (κ1) is 27.3. The van der Waals surface area contributed by atoms with E-state index in [0.29, 0.717) is 48.0 Å². The predicted molar refractivity (Wildman–Crippen MR) is 142 cm³/mol. The standard InChI is InChI=1S/C26H29N5O6S2/c1-2-37-25-16-27-15-21(30-25)18-3-4-19(29-14-18)13-23(32)26(8-11-38(33,34)12-9-26)22-7-10-28-24(31-22)17-39(35,36)20-5-6-20/h3-4,7,10,14-16,20H,2,5-6,8-9,11-13,17H2,1H3. The van der Waals surface area contributed by atoms with Gasteiger partial charge in [0.25, 0.3) is 0 Å². The van der Waals surface area contributed by atoms with Gasteiger partial charge in [0.2, 0.25) is 5.88 Å². The minimum Gasteiger partial charge on any atom is -0.477 e. The monoisotopic (exact) mass is 571 g/mol. The van der Waals surface area contributed by atoms with Crippen LogP contribution in [0.5, 0.6) is 5.88 Å². The molecule has 39 heavy (non-hydrogen) atoms. The van der Waals surface area contributed by atoms with Crippen molar-refractivity contribution < 1.29 is 26.4 Å². The Labute approximate surface area is 227 Å². The van der Waals surface area contributed by atoms with Gasteiger partial charge in [-0.05, 0) is 50.8 Å². The molecule has 4 heterocycles. The number of ether oxygens (including phenoxy) is 1. The Morgan fingerprint density at radius 1 is 1.05 bits per heavy atom. The Kier molecular flexibility index (Phi) is 7.47. The summed E-state index contributed by atoms with van der Waals surface area (Å²) >= 11 is 0. The van der Waals surface area contributed by atoms with Gasteiger partial charge in [-0.25, -0.2) is 31.8 Å². The van der Waals surface area contributed by atoms with Crippen LogP contribution in [0.2, 0.25) is 0 Å². The average molecular weight is 572 g/mol. The van der Waals surface area contributed by atoms with E-state index < -0.39 is 25.1 Å². The van der Waals surface area contributed by atoms with Crippen molar-refractivity contribution in [2.45, 2.75) is 55.4 Å². The van der Waals surface area contributed by atoms with Crippen molar-refractivity contribution in [2.75, 3.05) is 18.1 Å². The molecule has 1 aliphatic heterocycles. The first-order valence-electron chi connectivity index (χ1n) is 12.8. The van der Waals surface area contributed by atoms with Gasteiger partial charge in [-0.15, -0.1) is 0 Å². The summed E-state index contributed by atoms with van der Waals surface area (Å²) in [5.41, 5.74) is 0.976. The molecule has 2 aliphatic rings. The van der Waals surface area contributed by atoms with Crippen LogP contribution < -0.4 is 4.74 Å². The van der Waals surface area contributed by atoms with Gasteiger partial charge in [-0.3, -0.25) is 14.8 Å². The van der Waals surface area contributed by atoms with Gasteiger partial charge in [0, 0.05) is 30.1 Å². The number of sulfone groups is 2. The van der Waals surface area contributed by atoms with Gasteiger partial charge in [0.05, 0.1) is 52.6 Å². The van der Waals surface area contributed by atoms with Crippen LogP contribution in [0.1, 0.15) is 49.8 Å². The van der Waals surface area contributed by atoms with Gasteiger partial charge < -0.3 is 4.74 Å². The molecule has 0 radical (unpaired) electrons. The Morgan fingerprint density at radius 3 is 2.49 bits per heavy atom. The second kappa shape index (κ2) is 10.7. The van der Waals surface area contributed by atoms with E-state index in [2.05, 4.69) is 24.9 Å². The largest absolute Gasteiger partial charge is 0.477 e. The maximum atomic E-state index is 13.8. The molecule has 0 amide bonds. The fourth-order valence-corrected chi connectivity index (χ4v) is 7.86. The second-order valence-electron chi connectivity index (χ2n) is 9.91. The molecule has 0 atom stereocenters. The molecule has 1 aliphatic carbocycles. The van der Waals surface area contributed by atoms with Crippen molar-refractivity contribution in [2.24, 2.45) is 0 Å². The summed E-state index contributed by atoms with van der Waals surface area (Å²) in [6.07, 6.45) is 7.54. The van der Waals surface area contributed by atoms with E-state index in [-0.39, 0.29) is 53.4 Å². The zero-order valence-corrected chi connectivity index (χ0v) is 23.1. The van der Waals surface area contributed by atoms with E-state index in [1.54, 1.807) is 30.6 Å². The number of aromatic nitrogens is 5. The van der Waals surface area contributed by atoms with E-state index in [1.807, 2.05) is 6.92 Å². The van der Waals surface area contributed by atoms with Crippen LogP contribution in [0.3, 0.4) is 0 Å². The molecule has 206 valence electrons. The van der Waals surface area contributed by atoms with Crippen LogP contribution in [-0.2, 0) is 42.1 Å². The maximum Gasteiger partial charge on any atom is 0.232 e. The smallest absolute Gasteiger partial charge is 0.232 e. The number of hydrogen-bond donors (Lipinski definition) is 0. The molecule has 3 aromatic heterocycles. The first-order chi connectivity index (χ1) is 18.6. The van der Waals surface area contributed by atoms with Crippen LogP contribution >= 0.6 is 0 Å². The lowest BCUT2D eigenvalue weighted by atomic mass is 9.73. The molecule has 13 heteroatoms. The quantitative estimate of drug-likeness (QED) is 0.350. The molecule has 5 rings (SSSR count). The normalized spacial score (nSPS) is 18.4. The summed E-state index contributed by atoms with van der Waals surface area (Å²) in [6.45, 7) is 2.32. The number of rotatable bonds is 10. The van der Waals surface area contributed by atoms with E-state index in [1.165, 1.54) is 12.4 Å². The van der Waals surface area contributed by atoms with Crippen LogP contribution in [-0.4, -0.2) is 70.9 Å². The van der Waals surface area contributed by atoms with E-state index in [4.69, 9.17) is 4.74 Å². The summed E-state index contributed by atoms with van der Waals surface area (Å²) in [6, 6.07) is 5.10. The van der Waals surface area contributed by atoms with Crippen molar-refractivity contribution in [3.8, 4) is 17.1 Å². The minimum absolute atomic E-state index is 0.0370. The molecule has 1 saturated carbocycles. The minimum atomic E-state index is -3.36. The topological polar surface area (TPSA) is 159 Å². The van der Waals surface area contributed by atoms with Crippen LogP contribution in [0.4, 0.5) is 0 Å². The molecular formula is C26H29N5O6S2. The van der Waals surface area contributed by atoms with Gasteiger partial charge in [-0.1, -0.05) is 0 Å². The summed E-state index contributed by atoms with van der Waals surface area (Å²) in [5.74, 6) is -0.301. The van der Waals surface area contributed by atoms with Crippen molar-refractivity contribution >= 4 is 25.5 Å². The Bertz CT molecular complexity index is 1580. The average Bonchev–Trinajstić information content (AvgIpc) is 3.76.